The van der Waals surface area contributed by atoms with Gasteiger partial charge >= 0.3 is 0 Å². The van der Waals surface area contributed by atoms with Crippen LogP contribution in [0.15, 0.2) is 0 Å². The predicted molar refractivity (Wildman–Crippen MR) is 454 cm³/mol. The zero-order chi connectivity index (χ0) is 78.0. The van der Waals surface area contributed by atoms with E-state index in [-0.39, 0.29) is 0 Å². The molecule has 0 saturated heterocycles. The fourth-order valence-corrected chi connectivity index (χ4v) is 12.3. The third kappa shape index (κ3) is 47.2. The van der Waals surface area contributed by atoms with E-state index in [9.17, 15) is 0 Å². The van der Waals surface area contributed by atoms with Crippen LogP contribution in [0.3, 0.4) is 0 Å². The van der Waals surface area contributed by atoms with E-state index in [4.69, 9.17) is 0 Å². The van der Waals surface area contributed by atoms with Crippen molar-refractivity contribution in [2.75, 3.05) is 0 Å². The van der Waals surface area contributed by atoms with E-state index in [2.05, 4.69) is 332 Å². The van der Waals surface area contributed by atoms with Crippen LogP contribution >= 0.6 is 0 Å². The Morgan fingerprint density at radius 1 is 0.381 bits per heavy atom. The first-order valence-electron chi connectivity index (χ1n) is 43.2. The van der Waals surface area contributed by atoms with Crippen LogP contribution in [0.25, 0.3) is 0 Å². The second kappa shape index (κ2) is 44.8. The molecule has 0 radical (unpaired) electrons. The van der Waals surface area contributed by atoms with Crippen LogP contribution in [-0.4, -0.2) is 0 Å². The van der Waals surface area contributed by atoms with Crippen LogP contribution in [0.4, 0.5) is 0 Å². The highest BCUT2D eigenvalue weighted by Crippen LogP contribution is 2.61. The number of rotatable bonds is 9. The lowest BCUT2D eigenvalue weighted by molar-refractivity contribution is 0.0892. The summed E-state index contributed by atoms with van der Waals surface area (Å²) in [5.74, 6) is 19.9. The Bertz CT molecular complexity index is 1760. The predicted octanol–water partition coefficient (Wildman–Crippen LogP) is 34.5. The molecule has 0 aromatic heterocycles. The minimum absolute atomic E-state index is 0.437. The molecule has 0 aromatic rings. The van der Waals surface area contributed by atoms with Gasteiger partial charge in [0.05, 0.1) is 0 Å². The summed E-state index contributed by atoms with van der Waals surface area (Å²) in [5, 5.41) is 0. The Balaban J connectivity index is -0.000000483. The molecule has 9 aliphatic rings. The first-order chi connectivity index (χ1) is 43.2. The van der Waals surface area contributed by atoms with E-state index in [1.54, 1.807) is 19.3 Å². The summed E-state index contributed by atoms with van der Waals surface area (Å²) in [4.78, 5) is 0. The molecule has 9 rings (SSSR count). The summed E-state index contributed by atoms with van der Waals surface area (Å²) in [7, 11) is 0. The van der Waals surface area contributed by atoms with Crippen LogP contribution in [0.2, 0.25) is 0 Å². The van der Waals surface area contributed by atoms with E-state index in [0.717, 1.165) is 112 Å². The first-order valence-corrected chi connectivity index (χ1v) is 43.2. The second-order valence-corrected chi connectivity index (χ2v) is 45.9. The largest absolute Gasteiger partial charge is 0.0651 e. The molecule has 0 bridgehead atoms. The van der Waals surface area contributed by atoms with Gasteiger partial charge in [0.1, 0.15) is 0 Å². The molecule has 0 N–H and O–H groups in total. The fourth-order valence-electron chi connectivity index (χ4n) is 12.3. The molecule has 9 saturated carbocycles. The van der Waals surface area contributed by atoms with E-state index >= 15 is 0 Å². The van der Waals surface area contributed by atoms with Crippen LogP contribution in [0.5, 0.6) is 0 Å². The lowest BCUT2D eigenvalue weighted by atomic mass is 9.64. The summed E-state index contributed by atoms with van der Waals surface area (Å²) in [5.41, 5.74) is 5.54. The minimum atomic E-state index is 0.437. The minimum Gasteiger partial charge on any atom is -0.0651 e. The van der Waals surface area contributed by atoms with Gasteiger partial charge in [-0.25, -0.2) is 0 Å². The molecule has 9 aliphatic carbocycles. The summed E-state index contributed by atoms with van der Waals surface area (Å²) in [6.07, 6.45) is 27.7. The van der Waals surface area contributed by atoms with Crippen molar-refractivity contribution in [3.8, 4) is 0 Å². The molecule has 0 heterocycles. The lowest BCUT2D eigenvalue weighted by Crippen LogP contribution is -2.31. The van der Waals surface area contributed by atoms with E-state index in [0.29, 0.717) is 48.7 Å². The van der Waals surface area contributed by atoms with Crippen molar-refractivity contribution in [1.82, 2.24) is 0 Å². The van der Waals surface area contributed by atoms with Crippen LogP contribution in [0.1, 0.15) is 454 Å². The maximum Gasteiger partial charge on any atom is -0.0297 e. The Labute approximate surface area is 623 Å². The van der Waals surface area contributed by atoms with Gasteiger partial charge in [-0.1, -0.05) is 358 Å². The van der Waals surface area contributed by atoms with Crippen molar-refractivity contribution in [3.63, 3.8) is 0 Å². The third-order valence-electron chi connectivity index (χ3n) is 29.7. The molecule has 0 amide bonds. The maximum atomic E-state index is 2.44. The van der Waals surface area contributed by atoms with Gasteiger partial charge in [-0.2, -0.15) is 0 Å². The Morgan fingerprint density at radius 2 is 0.691 bits per heavy atom. The van der Waals surface area contributed by atoms with Crippen molar-refractivity contribution in [2.24, 2.45) is 173 Å². The Kier molecular flexibility index (Phi) is 47.8. The Morgan fingerprint density at radius 3 is 0.722 bits per heavy atom. The van der Waals surface area contributed by atoms with Crippen LogP contribution < -0.4 is 0 Å². The van der Waals surface area contributed by atoms with Gasteiger partial charge in [-0.3, -0.25) is 0 Å². The van der Waals surface area contributed by atoms with Gasteiger partial charge in [0.15, 0.2) is 0 Å². The quantitative estimate of drug-likeness (QED) is 0.216. The topological polar surface area (TPSA) is 0 Å². The van der Waals surface area contributed by atoms with Crippen molar-refractivity contribution >= 4 is 0 Å². The molecule has 0 heteroatoms. The molecule has 0 aliphatic heterocycles. The van der Waals surface area contributed by atoms with Gasteiger partial charge in [0.2, 0.25) is 0 Å². The third-order valence-corrected chi connectivity index (χ3v) is 29.7. The monoisotopic (exact) mass is 1370 g/mol. The van der Waals surface area contributed by atoms with Gasteiger partial charge in [0.25, 0.3) is 0 Å². The SMILES string of the molecule is CC(C)(C)C(C)(C)C.CC(C)(C)C(C)(C)C.CC(C)C(C)C(C)C.CC1(C2CC2)CC1.CC1CC(C)(C)C1.CC1CC(C)C1C.CC1CCC1(C)C.CC1C[C@H](C)C1C.CCC(C)(C)C(C)C.CCC(C)C(C)(C)C.CCC1CC(C)C1.CC[C@@H](C)C(C)(C)C.C[C@H]1CC1C1CC1. The second-order valence-electron chi connectivity index (χ2n) is 45.9. The molecule has 7 unspecified atom stereocenters. The van der Waals surface area contributed by atoms with Gasteiger partial charge in [-0.05, 0) is 269 Å². The highest BCUT2D eigenvalue weighted by atomic mass is 14.5. The molecule has 9 fully saturated rings. The molecular formula is C97H202. The van der Waals surface area contributed by atoms with Crippen LogP contribution in [0, 0.1) is 173 Å². The zero-order valence-corrected chi connectivity index (χ0v) is 78.0. The standard InChI is InChI=1S/6C8H18.2C7H12.5C7H14/c2*1-7(2,3)8(4,5)6;2*1-6-7(2)8(3,4)5;1-6-8(4,5)7(2)3;1-6(2)8(5)7(3)4;1-7(4-5-7)6-2-3-6;1-5-4-7(5)6-2-3-6;1-6-4-7(2,3)5-6;1-6-4-5-7(6,2)3;2*1-5-4-6(2)7(5)3;1-3-7-4-6(2)5-7/h2*1-6H3;3*7H,6H2,1-5H3;6-8H,1-5H3;6H,2-5H2,1H3;5-7H,2-4H2,1H3;2*6H,4-5H2,1-3H3;2*5-7H,4H2,1-3H3;6-7H,3-5H2,1-2H3/t;;7-;;;;;5-,7?;;;5-,6?,7?;;/m..1....0..0../s1. The number of hydrogen-bond acceptors (Lipinski definition) is 0. The normalized spacial score (nSPS) is 28.3. The fraction of sp³-hybridized carbons (Fsp3) is 1.00. The molecular weight excluding hydrogens is 1170 g/mol. The van der Waals surface area contributed by atoms with Gasteiger partial charge in [-0.15, -0.1) is 0 Å². The summed E-state index contributed by atoms with van der Waals surface area (Å²) in [6, 6.07) is 0. The summed E-state index contributed by atoms with van der Waals surface area (Å²) >= 11 is 0. The van der Waals surface area contributed by atoms with Crippen molar-refractivity contribution < 1.29 is 0 Å². The highest BCUT2D eigenvalue weighted by molar-refractivity contribution is 5.00. The molecule has 0 spiro atoms. The highest BCUT2D eigenvalue weighted by Gasteiger charge is 2.49. The van der Waals surface area contributed by atoms with E-state index < -0.39 is 0 Å². The smallest absolute Gasteiger partial charge is 0.0297 e. The average Bonchev–Trinajstić information content (AvgIpc) is 1.63. The average molecular weight is 1370 g/mol. The molecule has 97 heavy (non-hydrogen) atoms. The molecule has 0 aromatic carbocycles. The summed E-state index contributed by atoms with van der Waals surface area (Å²) < 4.78 is 0. The first kappa shape index (κ1) is 103. The maximum absolute atomic E-state index is 2.44. The molecule has 10 atom stereocenters. The molecule has 0 nitrogen and oxygen atoms in total. The van der Waals surface area contributed by atoms with Crippen molar-refractivity contribution in [2.45, 2.75) is 454 Å². The summed E-state index contributed by atoms with van der Waals surface area (Å²) in [6.45, 7) is 111. The van der Waals surface area contributed by atoms with Gasteiger partial charge < -0.3 is 0 Å². The van der Waals surface area contributed by atoms with Crippen molar-refractivity contribution in [1.29, 1.82) is 0 Å². The van der Waals surface area contributed by atoms with Gasteiger partial charge in [0, 0.05) is 0 Å². The van der Waals surface area contributed by atoms with E-state index in [1.807, 2.05) is 0 Å². The van der Waals surface area contributed by atoms with Crippen molar-refractivity contribution in [3.05, 3.63) is 0 Å². The van der Waals surface area contributed by atoms with Crippen LogP contribution in [-0.2, 0) is 0 Å². The Hall–Kier alpha value is 0. The zero-order valence-electron chi connectivity index (χ0n) is 78.0. The lowest BCUT2D eigenvalue weighted by Gasteiger charge is -2.42. The van der Waals surface area contributed by atoms with E-state index in [1.165, 1.54) is 115 Å². The number of hydrogen-bond donors (Lipinski definition) is 0. The molecule has 590 valence electrons.